The zero-order chi connectivity index (χ0) is 13.1. The van der Waals surface area contributed by atoms with Crippen molar-refractivity contribution in [2.75, 3.05) is 5.32 Å². The molecule has 0 aliphatic rings. The Morgan fingerprint density at radius 3 is 2.44 bits per heavy atom. The molecule has 0 atom stereocenters. The van der Waals surface area contributed by atoms with E-state index in [1.54, 1.807) is 31.2 Å². The Morgan fingerprint density at radius 1 is 1.06 bits per heavy atom. The third-order valence-electron chi connectivity index (χ3n) is 2.60. The monoisotopic (exact) mass is 243 g/mol. The highest BCUT2D eigenvalue weighted by Crippen LogP contribution is 2.22. The van der Waals surface area contributed by atoms with Gasteiger partial charge in [-0.05, 0) is 42.8 Å². The van der Waals surface area contributed by atoms with Crippen LogP contribution in [0.25, 0.3) is 0 Å². The molecular formula is C14H13NO3. The molecule has 18 heavy (non-hydrogen) atoms. The molecule has 1 amide bonds. The van der Waals surface area contributed by atoms with Crippen LogP contribution in [0.4, 0.5) is 5.69 Å². The number of carbonyl (C=O) groups excluding carboxylic acids is 1. The highest BCUT2D eigenvalue weighted by atomic mass is 16.3. The van der Waals surface area contributed by atoms with Gasteiger partial charge in [-0.25, -0.2) is 0 Å². The van der Waals surface area contributed by atoms with Crippen molar-refractivity contribution in [2.24, 2.45) is 0 Å². The minimum absolute atomic E-state index is 0.0644. The Hall–Kier alpha value is -2.49. The molecule has 92 valence electrons. The highest BCUT2D eigenvalue weighted by Gasteiger charge is 2.10. The number of benzene rings is 2. The second-order valence-corrected chi connectivity index (χ2v) is 3.97. The van der Waals surface area contributed by atoms with Crippen molar-refractivity contribution in [3.05, 3.63) is 53.6 Å². The van der Waals surface area contributed by atoms with Gasteiger partial charge in [0.15, 0.2) is 0 Å². The lowest BCUT2D eigenvalue weighted by atomic mass is 10.1. The molecule has 0 unspecified atom stereocenters. The summed E-state index contributed by atoms with van der Waals surface area (Å²) in [4.78, 5) is 11.9. The van der Waals surface area contributed by atoms with Crippen molar-refractivity contribution in [2.45, 2.75) is 6.92 Å². The average molecular weight is 243 g/mol. The van der Waals surface area contributed by atoms with Gasteiger partial charge in [-0.3, -0.25) is 4.79 Å². The third-order valence-corrected chi connectivity index (χ3v) is 2.60. The number of anilines is 1. The molecule has 4 nitrogen and oxygen atoms in total. The molecule has 0 heterocycles. The van der Waals surface area contributed by atoms with Crippen LogP contribution in [0, 0.1) is 6.92 Å². The van der Waals surface area contributed by atoms with Crippen molar-refractivity contribution < 1.29 is 15.0 Å². The van der Waals surface area contributed by atoms with Crippen molar-refractivity contribution in [3.8, 4) is 11.5 Å². The summed E-state index contributed by atoms with van der Waals surface area (Å²) in [6.07, 6.45) is 0. The van der Waals surface area contributed by atoms with Gasteiger partial charge >= 0.3 is 0 Å². The number of aromatic hydroxyl groups is 2. The summed E-state index contributed by atoms with van der Waals surface area (Å²) in [5.41, 5.74) is 1.45. The molecule has 0 fully saturated rings. The lowest BCUT2D eigenvalue weighted by molar-refractivity contribution is 0.102. The van der Waals surface area contributed by atoms with Gasteiger partial charge in [-0.1, -0.05) is 12.1 Å². The summed E-state index contributed by atoms with van der Waals surface area (Å²) in [5, 5.41) is 21.6. The highest BCUT2D eigenvalue weighted by molar-refractivity contribution is 6.06. The van der Waals surface area contributed by atoms with Gasteiger partial charge in [-0.15, -0.1) is 0 Å². The van der Waals surface area contributed by atoms with Crippen LogP contribution in [0.5, 0.6) is 11.5 Å². The second kappa shape index (κ2) is 4.79. The van der Waals surface area contributed by atoms with Crippen LogP contribution < -0.4 is 5.32 Å². The van der Waals surface area contributed by atoms with E-state index in [9.17, 15) is 15.0 Å². The van der Waals surface area contributed by atoms with Gasteiger partial charge < -0.3 is 15.5 Å². The van der Waals surface area contributed by atoms with Gasteiger partial charge in [0.1, 0.15) is 11.5 Å². The molecule has 4 heteroatoms. The van der Waals surface area contributed by atoms with Crippen LogP contribution in [0.3, 0.4) is 0 Å². The van der Waals surface area contributed by atoms with E-state index in [1.807, 2.05) is 0 Å². The number of hydrogen-bond donors (Lipinski definition) is 3. The number of amides is 1. The average Bonchev–Trinajstić information content (AvgIpc) is 2.34. The standard InChI is InChI=1S/C14H13NO3/c1-9-8-10(6-7-12(9)16)15-14(18)11-4-2-3-5-13(11)17/h2-8,16-17H,1H3,(H,15,18). The van der Waals surface area contributed by atoms with Crippen LogP contribution in [0.2, 0.25) is 0 Å². The first-order chi connectivity index (χ1) is 8.58. The minimum atomic E-state index is -0.391. The number of para-hydroxylation sites is 1. The molecule has 0 bridgehead atoms. The SMILES string of the molecule is Cc1cc(NC(=O)c2ccccc2O)ccc1O. The molecule has 0 radical (unpaired) electrons. The molecule has 3 N–H and O–H groups in total. The molecule has 2 rings (SSSR count). The van der Waals surface area contributed by atoms with Gasteiger partial charge in [0.2, 0.25) is 0 Å². The van der Waals surface area contributed by atoms with Crippen molar-refractivity contribution >= 4 is 11.6 Å². The van der Waals surface area contributed by atoms with Gasteiger partial charge in [-0.2, -0.15) is 0 Å². The summed E-state index contributed by atoms with van der Waals surface area (Å²) in [6, 6.07) is 11.1. The maximum absolute atomic E-state index is 11.9. The van der Waals surface area contributed by atoms with Crippen LogP contribution >= 0.6 is 0 Å². The van der Waals surface area contributed by atoms with E-state index in [0.29, 0.717) is 11.3 Å². The molecule has 0 aliphatic heterocycles. The number of carbonyl (C=O) groups is 1. The van der Waals surface area contributed by atoms with E-state index >= 15 is 0 Å². The Kier molecular flexibility index (Phi) is 3.19. The lowest BCUT2D eigenvalue weighted by Gasteiger charge is -2.08. The van der Waals surface area contributed by atoms with Crippen LogP contribution in [0.1, 0.15) is 15.9 Å². The first-order valence-corrected chi connectivity index (χ1v) is 5.47. The maximum atomic E-state index is 11.9. The smallest absolute Gasteiger partial charge is 0.259 e. The van der Waals surface area contributed by atoms with E-state index in [1.165, 1.54) is 18.2 Å². The minimum Gasteiger partial charge on any atom is -0.508 e. The van der Waals surface area contributed by atoms with Crippen LogP contribution in [0.15, 0.2) is 42.5 Å². The van der Waals surface area contributed by atoms with Gasteiger partial charge in [0.25, 0.3) is 5.91 Å². The predicted molar refractivity (Wildman–Crippen MR) is 68.9 cm³/mol. The molecular weight excluding hydrogens is 230 g/mol. The molecule has 0 saturated carbocycles. The maximum Gasteiger partial charge on any atom is 0.259 e. The lowest BCUT2D eigenvalue weighted by Crippen LogP contribution is -2.11. The Bertz CT molecular complexity index is 593. The normalized spacial score (nSPS) is 10.1. The largest absolute Gasteiger partial charge is 0.508 e. The number of nitrogens with one attached hydrogen (secondary N) is 1. The first-order valence-electron chi connectivity index (χ1n) is 5.47. The summed E-state index contributed by atoms with van der Waals surface area (Å²) < 4.78 is 0. The Labute approximate surface area is 105 Å². The van der Waals surface area contributed by atoms with Crippen molar-refractivity contribution in [1.82, 2.24) is 0 Å². The van der Waals surface area contributed by atoms with E-state index < -0.39 is 5.91 Å². The topological polar surface area (TPSA) is 69.6 Å². The van der Waals surface area contributed by atoms with Crippen LogP contribution in [-0.4, -0.2) is 16.1 Å². The quantitative estimate of drug-likeness (QED) is 0.710. The first kappa shape index (κ1) is 12.0. The fourth-order valence-electron chi connectivity index (χ4n) is 1.60. The Balaban J connectivity index is 2.22. The third kappa shape index (κ3) is 2.43. The summed E-state index contributed by atoms with van der Waals surface area (Å²) in [7, 11) is 0. The molecule has 2 aromatic carbocycles. The fourth-order valence-corrected chi connectivity index (χ4v) is 1.60. The Morgan fingerprint density at radius 2 is 1.78 bits per heavy atom. The number of phenolic OH excluding ortho intramolecular Hbond substituents is 2. The van der Waals surface area contributed by atoms with Gasteiger partial charge in [0, 0.05) is 5.69 Å². The molecule has 0 spiro atoms. The number of aryl methyl sites for hydroxylation is 1. The van der Waals surface area contributed by atoms with Crippen LogP contribution in [-0.2, 0) is 0 Å². The van der Waals surface area contributed by atoms with Crippen molar-refractivity contribution in [3.63, 3.8) is 0 Å². The number of rotatable bonds is 2. The fraction of sp³-hybridized carbons (Fsp3) is 0.0714. The molecule has 0 saturated heterocycles. The zero-order valence-corrected chi connectivity index (χ0v) is 9.84. The summed E-state index contributed by atoms with van der Waals surface area (Å²) in [6.45, 7) is 1.74. The van der Waals surface area contributed by atoms with E-state index in [0.717, 1.165) is 0 Å². The molecule has 0 aromatic heterocycles. The van der Waals surface area contributed by atoms with E-state index in [-0.39, 0.29) is 17.1 Å². The van der Waals surface area contributed by atoms with E-state index in [4.69, 9.17) is 0 Å². The zero-order valence-electron chi connectivity index (χ0n) is 9.84. The summed E-state index contributed by atoms with van der Waals surface area (Å²) >= 11 is 0. The summed E-state index contributed by atoms with van der Waals surface area (Å²) in [5.74, 6) is -0.278. The predicted octanol–water partition coefficient (Wildman–Crippen LogP) is 2.66. The molecule has 2 aromatic rings. The van der Waals surface area contributed by atoms with E-state index in [2.05, 4.69) is 5.32 Å². The second-order valence-electron chi connectivity index (χ2n) is 3.97. The number of phenols is 2. The number of hydrogen-bond acceptors (Lipinski definition) is 3. The molecule has 0 aliphatic carbocycles. The van der Waals surface area contributed by atoms with Gasteiger partial charge in [0.05, 0.1) is 5.56 Å². The van der Waals surface area contributed by atoms with Crippen molar-refractivity contribution in [1.29, 1.82) is 0 Å².